The fraction of sp³-hybridized carbons (Fsp3) is 0.263. The number of nitrogens with zero attached hydrogens (tertiary/aromatic N) is 3. The first-order valence-corrected chi connectivity index (χ1v) is 10.2. The molecule has 0 bridgehead atoms. The number of fused-ring (bicyclic) bond motifs is 1. The molecule has 25 heavy (non-hydrogen) atoms. The highest BCUT2D eigenvalue weighted by atomic mass is 35.5. The van der Waals surface area contributed by atoms with Gasteiger partial charge in [-0.3, -0.25) is 4.68 Å². The van der Waals surface area contributed by atoms with Crippen molar-refractivity contribution in [2.24, 2.45) is 7.05 Å². The Hall–Kier alpha value is -1.69. The molecule has 128 valence electrons. The number of rotatable bonds is 3. The van der Waals surface area contributed by atoms with E-state index in [2.05, 4.69) is 43.2 Å². The molecule has 0 fully saturated rings. The standard InChI is InChI=1S/C19H18ClN3S2/c1-5-14-21-11(3)17(25-14)16-12-8-6-7-9-13(12)24-18(16)15-10(2)22-23(4)19(15)20/h6-9H,5H2,1-4H3. The van der Waals surface area contributed by atoms with Crippen molar-refractivity contribution in [1.82, 2.24) is 14.8 Å². The molecule has 0 aliphatic carbocycles. The molecule has 0 amide bonds. The second-order valence-corrected chi connectivity index (χ2v) is 8.55. The van der Waals surface area contributed by atoms with E-state index in [1.807, 2.05) is 14.0 Å². The first-order chi connectivity index (χ1) is 12.0. The Morgan fingerprint density at radius 2 is 1.80 bits per heavy atom. The average molecular weight is 388 g/mol. The predicted octanol–water partition coefficient (Wildman–Crippen LogP) is 6.26. The number of thiophene rings is 1. The molecule has 0 atom stereocenters. The van der Waals surface area contributed by atoms with Gasteiger partial charge in [0.15, 0.2) is 0 Å². The number of halogens is 1. The van der Waals surface area contributed by atoms with E-state index in [4.69, 9.17) is 16.6 Å². The Balaban J connectivity index is 2.10. The van der Waals surface area contributed by atoms with Crippen molar-refractivity contribution in [2.75, 3.05) is 0 Å². The third kappa shape index (κ3) is 2.62. The van der Waals surface area contributed by atoms with Crippen LogP contribution in [-0.2, 0) is 13.5 Å². The summed E-state index contributed by atoms with van der Waals surface area (Å²) in [5, 5.41) is 7.63. The van der Waals surface area contributed by atoms with Crippen molar-refractivity contribution in [3.05, 3.63) is 45.8 Å². The van der Waals surface area contributed by atoms with Crippen molar-refractivity contribution in [3.63, 3.8) is 0 Å². The molecule has 6 heteroatoms. The number of thiazole rings is 1. The van der Waals surface area contributed by atoms with Crippen molar-refractivity contribution in [1.29, 1.82) is 0 Å². The van der Waals surface area contributed by atoms with Gasteiger partial charge < -0.3 is 0 Å². The van der Waals surface area contributed by atoms with E-state index in [1.165, 1.54) is 30.4 Å². The summed E-state index contributed by atoms with van der Waals surface area (Å²) in [5.74, 6) is 0. The van der Waals surface area contributed by atoms with Gasteiger partial charge in [-0.2, -0.15) is 5.10 Å². The summed E-state index contributed by atoms with van der Waals surface area (Å²) in [5.41, 5.74) is 4.32. The molecule has 3 heterocycles. The van der Waals surface area contributed by atoms with Crippen LogP contribution in [0.2, 0.25) is 5.15 Å². The Labute approximate surface area is 159 Å². The van der Waals surface area contributed by atoms with Crippen LogP contribution in [0.15, 0.2) is 24.3 Å². The van der Waals surface area contributed by atoms with Crippen LogP contribution in [-0.4, -0.2) is 14.8 Å². The molecule has 0 unspecified atom stereocenters. The predicted molar refractivity (Wildman–Crippen MR) is 109 cm³/mol. The first-order valence-electron chi connectivity index (χ1n) is 8.19. The Kier molecular flexibility index (Phi) is 4.18. The van der Waals surface area contributed by atoms with Gasteiger partial charge in [0, 0.05) is 27.6 Å². The maximum atomic E-state index is 6.60. The normalized spacial score (nSPS) is 11.6. The largest absolute Gasteiger partial charge is 0.256 e. The van der Waals surface area contributed by atoms with E-state index in [1.54, 1.807) is 27.4 Å². The molecule has 0 saturated carbocycles. The lowest BCUT2D eigenvalue weighted by molar-refractivity contribution is 0.757. The number of aromatic nitrogens is 3. The van der Waals surface area contributed by atoms with Crippen molar-refractivity contribution in [3.8, 4) is 20.9 Å². The van der Waals surface area contributed by atoms with Crippen LogP contribution >= 0.6 is 34.3 Å². The highest BCUT2D eigenvalue weighted by Crippen LogP contribution is 2.49. The van der Waals surface area contributed by atoms with Gasteiger partial charge in [-0.1, -0.05) is 36.7 Å². The van der Waals surface area contributed by atoms with E-state index >= 15 is 0 Å². The fourth-order valence-electron chi connectivity index (χ4n) is 3.17. The molecule has 0 radical (unpaired) electrons. The zero-order chi connectivity index (χ0) is 17.7. The van der Waals surface area contributed by atoms with E-state index in [0.717, 1.165) is 23.4 Å². The van der Waals surface area contributed by atoms with Gasteiger partial charge in [-0.15, -0.1) is 22.7 Å². The summed E-state index contributed by atoms with van der Waals surface area (Å²) < 4.78 is 3.01. The minimum absolute atomic E-state index is 0.684. The lowest BCUT2D eigenvalue weighted by Gasteiger charge is -2.04. The second-order valence-electron chi connectivity index (χ2n) is 6.05. The molecule has 4 rings (SSSR count). The van der Waals surface area contributed by atoms with Crippen LogP contribution in [0.4, 0.5) is 0 Å². The number of hydrogen-bond acceptors (Lipinski definition) is 4. The summed E-state index contributed by atoms with van der Waals surface area (Å²) in [6, 6.07) is 8.54. The SMILES string of the molecule is CCc1nc(C)c(-c2c(-c3c(C)nn(C)c3Cl)sc3ccccc23)s1. The molecule has 0 aliphatic heterocycles. The van der Waals surface area contributed by atoms with Crippen LogP contribution in [0.25, 0.3) is 31.0 Å². The van der Waals surface area contributed by atoms with Crippen LogP contribution in [0.5, 0.6) is 0 Å². The second kappa shape index (κ2) is 6.24. The highest BCUT2D eigenvalue weighted by molar-refractivity contribution is 7.24. The fourth-order valence-corrected chi connectivity index (χ4v) is 5.94. The van der Waals surface area contributed by atoms with E-state index in [-0.39, 0.29) is 0 Å². The average Bonchev–Trinajstić information content (AvgIpc) is 3.21. The van der Waals surface area contributed by atoms with Gasteiger partial charge in [-0.25, -0.2) is 4.98 Å². The van der Waals surface area contributed by atoms with Gasteiger partial charge >= 0.3 is 0 Å². The quantitative estimate of drug-likeness (QED) is 0.415. The molecular weight excluding hydrogens is 370 g/mol. The summed E-state index contributed by atoms with van der Waals surface area (Å²) in [6.45, 7) is 6.27. The van der Waals surface area contributed by atoms with Crippen LogP contribution in [0.3, 0.4) is 0 Å². The lowest BCUT2D eigenvalue weighted by atomic mass is 10.0. The third-order valence-corrected chi connectivity index (χ3v) is 7.29. The van der Waals surface area contributed by atoms with Crippen molar-refractivity contribution >= 4 is 44.4 Å². The third-order valence-electron chi connectivity index (χ3n) is 4.35. The molecule has 0 aliphatic rings. The summed E-state index contributed by atoms with van der Waals surface area (Å²) >= 11 is 10.2. The van der Waals surface area contributed by atoms with E-state index in [9.17, 15) is 0 Å². The smallest absolute Gasteiger partial charge is 0.135 e. The minimum Gasteiger partial charge on any atom is -0.256 e. The first kappa shape index (κ1) is 16.8. The molecule has 3 aromatic heterocycles. The molecule has 1 aromatic carbocycles. The molecule has 0 spiro atoms. The zero-order valence-corrected chi connectivity index (χ0v) is 16.9. The van der Waals surface area contributed by atoms with Crippen LogP contribution in [0, 0.1) is 13.8 Å². The van der Waals surface area contributed by atoms with Gasteiger partial charge in [0.05, 0.1) is 26.8 Å². The van der Waals surface area contributed by atoms with Crippen molar-refractivity contribution < 1.29 is 0 Å². The van der Waals surface area contributed by atoms with Gasteiger partial charge in [0.1, 0.15) is 5.15 Å². The van der Waals surface area contributed by atoms with Gasteiger partial charge in [-0.05, 0) is 26.3 Å². The molecule has 0 N–H and O–H groups in total. The maximum absolute atomic E-state index is 6.60. The lowest BCUT2D eigenvalue weighted by Crippen LogP contribution is -1.89. The summed E-state index contributed by atoms with van der Waals surface area (Å²) in [7, 11) is 1.89. The molecule has 3 nitrogen and oxygen atoms in total. The summed E-state index contributed by atoms with van der Waals surface area (Å²) in [4.78, 5) is 7.17. The molecule has 0 saturated heterocycles. The zero-order valence-electron chi connectivity index (χ0n) is 14.6. The topological polar surface area (TPSA) is 30.7 Å². The number of benzene rings is 1. The summed E-state index contributed by atoms with van der Waals surface area (Å²) in [6.07, 6.45) is 0.954. The highest BCUT2D eigenvalue weighted by Gasteiger charge is 2.24. The maximum Gasteiger partial charge on any atom is 0.135 e. The Bertz CT molecular complexity index is 1090. The number of hydrogen-bond donors (Lipinski definition) is 0. The Morgan fingerprint density at radius 3 is 2.44 bits per heavy atom. The Morgan fingerprint density at radius 1 is 1.04 bits per heavy atom. The number of aryl methyl sites for hydroxylation is 4. The monoisotopic (exact) mass is 387 g/mol. The molecular formula is C19H18ClN3S2. The van der Waals surface area contributed by atoms with Crippen LogP contribution < -0.4 is 0 Å². The van der Waals surface area contributed by atoms with E-state index < -0.39 is 0 Å². The van der Waals surface area contributed by atoms with Crippen molar-refractivity contribution in [2.45, 2.75) is 27.2 Å². The van der Waals surface area contributed by atoms with E-state index in [0.29, 0.717) is 5.15 Å². The molecule has 4 aromatic rings. The van der Waals surface area contributed by atoms with Crippen LogP contribution in [0.1, 0.15) is 23.3 Å². The van der Waals surface area contributed by atoms with Gasteiger partial charge in [0.25, 0.3) is 0 Å². The van der Waals surface area contributed by atoms with Gasteiger partial charge in [0.2, 0.25) is 0 Å². The minimum atomic E-state index is 0.684.